The van der Waals surface area contributed by atoms with Crippen LogP contribution in [0.3, 0.4) is 0 Å². The molecule has 0 aliphatic rings. The van der Waals surface area contributed by atoms with Crippen LogP contribution in [0.1, 0.15) is 245 Å². The Morgan fingerprint density at radius 3 is 1.29 bits per heavy atom. The van der Waals surface area contributed by atoms with E-state index in [4.69, 9.17) is 13.8 Å². The lowest BCUT2D eigenvalue weighted by Crippen LogP contribution is -2.47. The highest BCUT2D eigenvalue weighted by molar-refractivity contribution is 7.47. The van der Waals surface area contributed by atoms with Gasteiger partial charge in [0.2, 0.25) is 5.91 Å². The number of carbonyl (C=O) groups is 2. The molecule has 76 heavy (non-hydrogen) atoms. The molecule has 0 radical (unpaired) electrons. The number of allylic oxidation sites excluding steroid dienone is 17. The minimum atomic E-state index is -4.47. The molecular weight excluding hydrogens is 964 g/mol. The van der Waals surface area contributed by atoms with Crippen molar-refractivity contribution in [3.05, 3.63) is 109 Å². The van der Waals surface area contributed by atoms with Crippen LogP contribution in [0.2, 0.25) is 0 Å². The predicted molar refractivity (Wildman–Crippen MR) is 327 cm³/mol. The van der Waals surface area contributed by atoms with Crippen LogP contribution in [-0.2, 0) is 27.9 Å². The lowest BCUT2D eigenvalue weighted by Gasteiger charge is -2.27. The molecule has 0 fully saturated rings. The Morgan fingerprint density at radius 2 is 0.842 bits per heavy atom. The van der Waals surface area contributed by atoms with Crippen molar-refractivity contribution in [2.45, 2.75) is 258 Å². The number of phosphoric acid groups is 1. The van der Waals surface area contributed by atoms with E-state index < -0.39 is 20.0 Å². The number of likely N-dealkylation sites (N-methyl/N-ethyl adjacent to an activating group) is 1. The molecule has 436 valence electrons. The van der Waals surface area contributed by atoms with Crippen LogP contribution >= 0.6 is 7.82 Å². The van der Waals surface area contributed by atoms with Gasteiger partial charge in [0.05, 0.1) is 33.8 Å². The third-order valence-electron chi connectivity index (χ3n) is 12.9. The number of unbranched alkanes of at least 4 members (excludes halogenated alkanes) is 22. The molecule has 0 heterocycles. The molecule has 0 aliphatic carbocycles. The highest BCUT2D eigenvalue weighted by atomic mass is 31.2. The van der Waals surface area contributed by atoms with E-state index in [0.29, 0.717) is 23.9 Å². The van der Waals surface area contributed by atoms with Crippen molar-refractivity contribution in [3.8, 4) is 0 Å². The molecule has 0 aromatic carbocycles. The molecule has 0 aromatic rings. The van der Waals surface area contributed by atoms with E-state index >= 15 is 0 Å². The molecule has 3 unspecified atom stereocenters. The SMILES string of the molecule is CC/C=C\C/C=C\C/C=C\C/C=C\C/C=C\CCCCCCCC(=O)NC(COP(=O)(O)OCC[N+](C)(C)C)C(/C=C\CCCCCCCCCCCC)OC(=O)CCCCCC/C=C\C/C=C\C/C=C\CCCCC. The van der Waals surface area contributed by atoms with Gasteiger partial charge in [-0.25, -0.2) is 4.57 Å². The summed E-state index contributed by atoms with van der Waals surface area (Å²) in [5.41, 5.74) is 0. The molecule has 0 saturated heterocycles. The third-order valence-corrected chi connectivity index (χ3v) is 13.9. The first-order chi connectivity index (χ1) is 36.9. The van der Waals surface area contributed by atoms with Crippen molar-refractivity contribution < 1.29 is 37.3 Å². The molecule has 9 nitrogen and oxygen atoms in total. The summed E-state index contributed by atoms with van der Waals surface area (Å²) in [6, 6.07) is -0.875. The van der Waals surface area contributed by atoms with Crippen molar-refractivity contribution in [2.75, 3.05) is 40.9 Å². The van der Waals surface area contributed by atoms with Crippen molar-refractivity contribution >= 4 is 19.7 Å². The largest absolute Gasteiger partial charge is 0.472 e. The molecular formula is C66H116N2O7P+. The third kappa shape index (κ3) is 55.4. The number of esters is 1. The fraction of sp³-hybridized carbons (Fsp3) is 0.697. The van der Waals surface area contributed by atoms with Crippen molar-refractivity contribution in [1.82, 2.24) is 5.32 Å². The molecule has 10 heteroatoms. The Hall–Kier alpha value is -3.33. The predicted octanol–water partition coefficient (Wildman–Crippen LogP) is 18.9. The first-order valence-corrected chi connectivity index (χ1v) is 32.2. The summed E-state index contributed by atoms with van der Waals surface area (Å²) in [5, 5.41) is 3.04. The lowest BCUT2D eigenvalue weighted by atomic mass is 10.0. The summed E-state index contributed by atoms with van der Waals surface area (Å²) in [4.78, 5) is 37.7. The van der Waals surface area contributed by atoms with Gasteiger partial charge < -0.3 is 19.4 Å². The Morgan fingerprint density at radius 1 is 0.474 bits per heavy atom. The maximum absolute atomic E-state index is 13.5. The number of ether oxygens (including phenoxy) is 1. The number of quaternary nitrogens is 1. The number of carbonyl (C=O) groups excluding carboxylic acids is 2. The van der Waals surface area contributed by atoms with Crippen LogP contribution in [0.15, 0.2) is 109 Å². The van der Waals surface area contributed by atoms with Gasteiger partial charge in [0, 0.05) is 12.8 Å². The molecule has 0 saturated carbocycles. The molecule has 0 rings (SSSR count). The molecule has 1 amide bonds. The van der Waals surface area contributed by atoms with Gasteiger partial charge in [0.15, 0.2) is 0 Å². The number of hydrogen-bond donors (Lipinski definition) is 2. The van der Waals surface area contributed by atoms with E-state index in [1.54, 1.807) is 0 Å². The zero-order chi connectivity index (χ0) is 55.7. The smallest absolute Gasteiger partial charge is 0.456 e. The summed E-state index contributed by atoms with van der Waals surface area (Å²) >= 11 is 0. The fourth-order valence-corrected chi connectivity index (χ4v) is 8.94. The van der Waals surface area contributed by atoms with Crippen LogP contribution < -0.4 is 5.32 Å². The molecule has 0 spiro atoms. The van der Waals surface area contributed by atoms with Gasteiger partial charge in [-0.15, -0.1) is 0 Å². The molecule has 2 N–H and O–H groups in total. The first-order valence-electron chi connectivity index (χ1n) is 30.7. The monoisotopic (exact) mass is 1080 g/mol. The number of nitrogens with one attached hydrogen (secondary N) is 1. The van der Waals surface area contributed by atoms with Crippen molar-refractivity contribution in [2.24, 2.45) is 0 Å². The second-order valence-corrected chi connectivity index (χ2v) is 22.9. The first kappa shape index (κ1) is 72.7. The average Bonchev–Trinajstić information content (AvgIpc) is 3.38. The standard InChI is InChI=1S/C66H115N2O7P/c1-7-10-13-16-19-22-25-28-30-32-33-34-35-37-38-40-43-46-49-52-55-58-65(69)67-63(62-74-76(71,72)73-61-60-68(4,5)6)64(57-54-51-48-45-42-27-24-21-18-15-12-9-3)75-66(70)59-56-53-50-47-44-41-39-36-31-29-26-23-20-17-14-11-8-2/h10,13,19-20,22-23,28-31,33-34,37-39,41,54,57,63-64H,7-9,11-12,14-18,21,24-27,32,35-36,40,42-53,55-56,58-62H2,1-6H3,(H-,67,69,71,72)/p+1/b13-10-,22-19-,23-20-,30-28-,31-29-,34-33-,38-37-,41-39-,57-54-. The highest BCUT2D eigenvalue weighted by Crippen LogP contribution is 2.43. The van der Waals surface area contributed by atoms with Crippen LogP contribution in [0.5, 0.6) is 0 Å². The maximum atomic E-state index is 13.5. The topological polar surface area (TPSA) is 111 Å². The van der Waals surface area contributed by atoms with Crippen molar-refractivity contribution in [1.29, 1.82) is 0 Å². The van der Waals surface area contributed by atoms with E-state index in [-0.39, 0.29) is 31.5 Å². The minimum absolute atomic E-state index is 0.0266. The van der Waals surface area contributed by atoms with Crippen LogP contribution in [0.4, 0.5) is 0 Å². The van der Waals surface area contributed by atoms with Crippen molar-refractivity contribution in [3.63, 3.8) is 0 Å². The van der Waals surface area contributed by atoms with Gasteiger partial charge in [-0.2, -0.15) is 0 Å². The van der Waals surface area contributed by atoms with Gasteiger partial charge in [-0.05, 0) is 115 Å². The van der Waals surface area contributed by atoms with Gasteiger partial charge in [0.1, 0.15) is 19.3 Å². The van der Waals surface area contributed by atoms with E-state index in [1.165, 1.54) is 77.0 Å². The van der Waals surface area contributed by atoms with Crippen LogP contribution in [0, 0.1) is 0 Å². The van der Waals surface area contributed by atoms with Gasteiger partial charge >= 0.3 is 13.8 Å². The second kappa shape index (κ2) is 55.0. The Balaban J connectivity index is 5.36. The number of amides is 1. The molecule has 0 bridgehead atoms. The minimum Gasteiger partial charge on any atom is -0.456 e. The number of hydrogen-bond acceptors (Lipinski definition) is 6. The number of phosphoric ester groups is 1. The maximum Gasteiger partial charge on any atom is 0.472 e. The molecule has 0 aromatic heterocycles. The Kier molecular flexibility index (Phi) is 52.6. The zero-order valence-corrected chi connectivity index (χ0v) is 50.6. The summed E-state index contributed by atoms with van der Waals surface area (Å²) < 4.78 is 30.7. The average molecular weight is 1080 g/mol. The lowest BCUT2D eigenvalue weighted by molar-refractivity contribution is -0.870. The van der Waals surface area contributed by atoms with Crippen LogP contribution in [0.25, 0.3) is 0 Å². The summed E-state index contributed by atoms with van der Waals surface area (Å²) in [7, 11) is 1.45. The molecule has 0 aliphatic heterocycles. The van der Waals surface area contributed by atoms with Gasteiger partial charge in [0.25, 0.3) is 0 Å². The van der Waals surface area contributed by atoms with Crippen LogP contribution in [-0.4, -0.2) is 74.3 Å². The quantitative estimate of drug-likeness (QED) is 0.0205. The summed E-state index contributed by atoms with van der Waals surface area (Å²) in [6.45, 7) is 6.83. The normalized spacial score (nSPS) is 14.5. The van der Waals surface area contributed by atoms with Gasteiger partial charge in [-0.3, -0.25) is 18.6 Å². The van der Waals surface area contributed by atoms with E-state index in [2.05, 4.69) is 123 Å². The number of nitrogens with zero attached hydrogens (tertiary/aromatic N) is 1. The van der Waals surface area contributed by atoms with Gasteiger partial charge in [-0.1, -0.05) is 227 Å². The Labute approximate surface area is 468 Å². The summed E-state index contributed by atoms with van der Waals surface area (Å²) in [6.07, 6.45) is 75.1. The number of rotatable bonds is 54. The zero-order valence-electron chi connectivity index (χ0n) is 49.7. The highest BCUT2D eigenvalue weighted by Gasteiger charge is 2.30. The van der Waals surface area contributed by atoms with E-state index in [0.717, 1.165) is 128 Å². The summed E-state index contributed by atoms with van der Waals surface area (Å²) in [5.74, 6) is -0.558. The van der Waals surface area contributed by atoms with E-state index in [9.17, 15) is 19.0 Å². The van der Waals surface area contributed by atoms with E-state index in [1.807, 2.05) is 33.3 Å². The second-order valence-electron chi connectivity index (χ2n) is 21.5. The Bertz CT molecular complexity index is 1670. The molecule has 3 atom stereocenters. The fourth-order valence-electron chi connectivity index (χ4n) is 8.21.